The third-order valence-electron chi connectivity index (χ3n) is 3.51. The molecule has 0 aliphatic heterocycles. The summed E-state index contributed by atoms with van der Waals surface area (Å²) in [5.41, 5.74) is 0.985. The summed E-state index contributed by atoms with van der Waals surface area (Å²) in [5, 5.41) is 5.47. The highest BCUT2D eigenvalue weighted by molar-refractivity contribution is 6.04. The van der Waals surface area contributed by atoms with Crippen molar-refractivity contribution in [2.24, 2.45) is 0 Å². The minimum absolute atomic E-state index is 0.0221. The van der Waals surface area contributed by atoms with E-state index in [1.807, 2.05) is 13.8 Å². The summed E-state index contributed by atoms with van der Waals surface area (Å²) < 4.78 is 13.6. The van der Waals surface area contributed by atoms with Gasteiger partial charge in [-0.2, -0.15) is 0 Å². The van der Waals surface area contributed by atoms with Crippen LogP contribution >= 0.6 is 0 Å². The number of nitrogens with one attached hydrogen (secondary N) is 2. The van der Waals surface area contributed by atoms with Crippen LogP contribution in [0.3, 0.4) is 0 Å². The molecule has 0 saturated heterocycles. The zero-order chi connectivity index (χ0) is 16.8. The predicted molar refractivity (Wildman–Crippen MR) is 88.0 cm³/mol. The van der Waals surface area contributed by atoms with Crippen LogP contribution in [0.1, 0.15) is 41.0 Å². The van der Waals surface area contributed by atoms with Gasteiger partial charge in [-0.05, 0) is 49.7 Å². The Morgan fingerprint density at radius 2 is 1.70 bits per heavy atom. The Morgan fingerprint density at radius 3 is 2.30 bits per heavy atom. The highest BCUT2D eigenvalue weighted by Gasteiger charge is 2.12. The summed E-state index contributed by atoms with van der Waals surface area (Å²) in [6.07, 6.45) is 0.850. The van der Waals surface area contributed by atoms with Crippen LogP contribution in [0.5, 0.6) is 0 Å². The lowest BCUT2D eigenvalue weighted by Gasteiger charge is -2.12. The van der Waals surface area contributed by atoms with Crippen LogP contribution in [-0.2, 0) is 0 Å². The van der Waals surface area contributed by atoms with E-state index in [1.54, 1.807) is 30.3 Å². The van der Waals surface area contributed by atoms with Gasteiger partial charge in [0.15, 0.2) is 0 Å². The molecule has 0 radical (unpaired) electrons. The quantitative estimate of drug-likeness (QED) is 0.886. The van der Waals surface area contributed by atoms with Crippen LogP contribution in [0.25, 0.3) is 0 Å². The Bertz CT molecular complexity index is 698. The number of hydrogen-bond donors (Lipinski definition) is 2. The van der Waals surface area contributed by atoms with Gasteiger partial charge < -0.3 is 10.6 Å². The molecule has 0 aliphatic rings. The molecular weight excluding hydrogens is 295 g/mol. The van der Waals surface area contributed by atoms with E-state index in [2.05, 4.69) is 10.6 Å². The van der Waals surface area contributed by atoms with Crippen LogP contribution in [0.2, 0.25) is 0 Å². The topological polar surface area (TPSA) is 58.2 Å². The van der Waals surface area contributed by atoms with Crippen molar-refractivity contribution in [2.45, 2.75) is 26.3 Å². The van der Waals surface area contributed by atoms with Crippen molar-refractivity contribution in [3.8, 4) is 0 Å². The number of hydrogen-bond acceptors (Lipinski definition) is 2. The summed E-state index contributed by atoms with van der Waals surface area (Å²) in [7, 11) is 0. The monoisotopic (exact) mass is 314 g/mol. The molecule has 2 N–H and O–H groups in total. The molecule has 0 fully saturated rings. The van der Waals surface area contributed by atoms with Gasteiger partial charge in [-0.1, -0.05) is 19.1 Å². The molecule has 2 aromatic rings. The molecule has 2 amide bonds. The minimum Gasteiger partial charge on any atom is -0.350 e. The lowest BCUT2D eigenvalue weighted by molar-refractivity contribution is 0.0938. The van der Waals surface area contributed by atoms with E-state index in [0.717, 1.165) is 6.42 Å². The number of benzene rings is 2. The first kappa shape index (κ1) is 16.7. The van der Waals surface area contributed by atoms with E-state index in [0.29, 0.717) is 11.3 Å². The maximum Gasteiger partial charge on any atom is 0.258 e. The molecule has 23 heavy (non-hydrogen) atoms. The summed E-state index contributed by atoms with van der Waals surface area (Å²) in [4.78, 5) is 24.0. The fraction of sp³-hybridized carbons (Fsp3) is 0.222. The fourth-order valence-electron chi connectivity index (χ4n) is 1.96. The van der Waals surface area contributed by atoms with Gasteiger partial charge in [-0.3, -0.25) is 9.59 Å². The maximum atomic E-state index is 13.6. The Balaban J connectivity index is 2.04. The van der Waals surface area contributed by atoms with Crippen molar-refractivity contribution in [3.63, 3.8) is 0 Å². The molecule has 120 valence electrons. The van der Waals surface area contributed by atoms with Crippen LogP contribution in [0.15, 0.2) is 48.5 Å². The van der Waals surface area contributed by atoms with E-state index in [4.69, 9.17) is 0 Å². The Morgan fingerprint density at radius 1 is 1.04 bits per heavy atom. The van der Waals surface area contributed by atoms with Crippen molar-refractivity contribution in [1.82, 2.24) is 5.32 Å². The van der Waals surface area contributed by atoms with Gasteiger partial charge in [0.25, 0.3) is 11.8 Å². The summed E-state index contributed by atoms with van der Waals surface area (Å²) in [5.74, 6) is -1.26. The molecule has 0 unspecified atom stereocenters. The average Bonchev–Trinajstić information content (AvgIpc) is 2.55. The van der Waals surface area contributed by atoms with Crippen LogP contribution in [0, 0.1) is 5.82 Å². The second-order valence-corrected chi connectivity index (χ2v) is 5.29. The van der Waals surface area contributed by atoms with Gasteiger partial charge >= 0.3 is 0 Å². The summed E-state index contributed by atoms with van der Waals surface area (Å²) in [6.45, 7) is 3.92. The molecule has 2 aromatic carbocycles. The highest BCUT2D eigenvalue weighted by atomic mass is 19.1. The standard InChI is InChI=1S/C18H19FN2O2/c1-3-12(2)20-17(22)13-8-10-14(11-9-13)21-18(23)15-6-4-5-7-16(15)19/h4-12H,3H2,1-2H3,(H,20,22)(H,21,23)/t12-/m1/s1. The lowest BCUT2D eigenvalue weighted by atomic mass is 10.1. The molecule has 2 rings (SSSR count). The molecule has 0 aromatic heterocycles. The first-order valence-electron chi connectivity index (χ1n) is 7.48. The Kier molecular flexibility index (Phi) is 5.46. The number of carbonyl (C=O) groups excluding carboxylic acids is 2. The SMILES string of the molecule is CC[C@@H](C)NC(=O)c1ccc(NC(=O)c2ccccc2F)cc1. The lowest BCUT2D eigenvalue weighted by Crippen LogP contribution is -2.31. The highest BCUT2D eigenvalue weighted by Crippen LogP contribution is 2.13. The molecule has 0 saturated carbocycles. The van der Waals surface area contributed by atoms with Crippen molar-refractivity contribution in [2.75, 3.05) is 5.32 Å². The Labute approximate surface area is 134 Å². The zero-order valence-corrected chi connectivity index (χ0v) is 13.1. The normalized spacial score (nSPS) is 11.6. The number of amides is 2. The van der Waals surface area contributed by atoms with Crippen molar-refractivity contribution in [1.29, 1.82) is 0 Å². The largest absolute Gasteiger partial charge is 0.350 e. The predicted octanol–water partition coefficient (Wildman–Crippen LogP) is 3.61. The van der Waals surface area contributed by atoms with Gasteiger partial charge in [-0.15, -0.1) is 0 Å². The molecule has 0 bridgehead atoms. The maximum absolute atomic E-state index is 13.6. The molecular formula is C18H19FN2O2. The number of halogens is 1. The molecule has 5 heteroatoms. The summed E-state index contributed by atoms with van der Waals surface area (Å²) >= 11 is 0. The van der Waals surface area contributed by atoms with Crippen LogP contribution in [0.4, 0.5) is 10.1 Å². The molecule has 0 spiro atoms. The third-order valence-corrected chi connectivity index (χ3v) is 3.51. The first-order chi connectivity index (χ1) is 11.0. The average molecular weight is 314 g/mol. The van der Waals surface area contributed by atoms with Gasteiger partial charge in [-0.25, -0.2) is 4.39 Å². The van der Waals surface area contributed by atoms with Crippen LogP contribution in [-0.4, -0.2) is 17.9 Å². The van der Waals surface area contributed by atoms with E-state index in [-0.39, 0.29) is 17.5 Å². The van der Waals surface area contributed by atoms with E-state index in [1.165, 1.54) is 18.2 Å². The molecule has 1 atom stereocenters. The van der Waals surface area contributed by atoms with Crippen molar-refractivity contribution < 1.29 is 14.0 Å². The van der Waals surface area contributed by atoms with E-state index < -0.39 is 11.7 Å². The van der Waals surface area contributed by atoms with E-state index in [9.17, 15) is 14.0 Å². The third kappa shape index (κ3) is 4.39. The first-order valence-corrected chi connectivity index (χ1v) is 7.48. The van der Waals surface area contributed by atoms with Gasteiger partial charge in [0.05, 0.1) is 5.56 Å². The Hall–Kier alpha value is -2.69. The minimum atomic E-state index is -0.574. The van der Waals surface area contributed by atoms with Gasteiger partial charge in [0.2, 0.25) is 0 Å². The van der Waals surface area contributed by atoms with Crippen molar-refractivity contribution >= 4 is 17.5 Å². The van der Waals surface area contributed by atoms with E-state index >= 15 is 0 Å². The zero-order valence-electron chi connectivity index (χ0n) is 13.1. The fourth-order valence-corrected chi connectivity index (χ4v) is 1.96. The number of carbonyl (C=O) groups is 2. The second-order valence-electron chi connectivity index (χ2n) is 5.29. The van der Waals surface area contributed by atoms with Gasteiger partial charge in [0, 0.05) is 17.3 Å². The second kappa shape index (κ2) is 7.54. The molecule has 4 nitrogen and oxygen atoms in total. The van der Waals surface area contributed by atoms with Crippen LogP contribution < -0.4 is 10.6 Å². The smallest absolute Gasteiger partial charge is 0.258 e. The van der Waals surface area contributed by atoms with Gasteiger partial charge in [0.1, 0.15) is 5.82 Å². The molecule has 0 aliphatic carbocycles. The molecule has 0 heterocycles. The summed E-state index contributed by atoms with van der Waals surface area (Å²) in [6, 6.07) is 12.3. The number of anilines is 1. The number of rotatable bonds is 5. The van der Waals surface area contributed by atoms with Crippen molar-refractivity contribution in [3.05, 3.63) is 65.5 Å².